The Kier molecular flexibility index (Phi) is 3.36. The van der Waals surface area contributed by atoms with Crippen LogP contribution in [-0.4, -0.2) is 28.1 Å². The number of nitrogens with one attached hydrogen (secondary N) is 1. The Balaban J connectivity index is 2.15. The van der Waals surface area contributed by atoms with Crippen molar-refractivity contribution in [2.24, 2.45) is 0 Å². The largest absolute Gasteiger partial charge is 0.337 e. The number of hydrogen-bond donors (Lipinski definition) is 1. The van der Waals surface area contributed by atoms with Crippen molar-refractivity contribution in [1.29, 1.82) is 0 Å². The standard InChI is InChI=1S/C12H11F2N3O/c1-17(7-8-5-15-16-6-8)12(18)9-2-10(13)4-11(14)3-9/h2-6H,7H2,1H3,(H,15,16). The van der Waals surface area contributed by atoms with Gasteiger partial charge in [0.2, 0.25) is 0 Å². The number of carbonyl (C=O) groups excluding carboxylic acids is 1. The van der Waals surface area contributed by atoms with Gasteiger partial charge in [0.15, 0.2) is 0 Å². The zero-order valence-corrected chi connectivity index (χ0v) is 9.65. The first-order valence-corrected chi connectivity index (χ1v) is 5.25. The van der Waals surface area contributed by atoms with E-state index in [4.69, 9.17) is 0 Å². The lowest BCUT2D eigenvalue weighted by Gasteiger charge is -2.16. The molecule has 0 unspecified atom stereocenters. The second-order valence-corrected chi connectivity index (χ2v) is 3.93. The molecule has 0 fully saturated rings. The average Bonchev–Trinajstić information content (AvgIpc) is 2.79. The van der Waals surface area contributed by atoms with Gasteiger partial charge in [0, 0.05) is 37.0 Å². The number of aromatic nitrogens is 2. The molecular weight excluding hydrogens is 240 g/mol. The summed E-state index contributed by atoms with van der Waals surface area (Å²) >= 11 is 0. The minimum Gasteiger partial charge on any atom is -0.337 e. The van der Waals surface area contributed by atoms with Gasteiger partial charge in [0.25, 0.3) is 5.91 Å². The number of benzene rings is 1. The van der Waals surface area contributed by atoms with Gasteiger partial charge in [-0.25, -0.2) is 8.78 Å². The fraction of sp³-hybridized carbons (Fsp3) is 0.167. The molecule has 0 saturated heterocycles. The van der Waals surface area contributed by atoms with Crippen LogP contribution in [0.25, 0.3) is 0 Å². The SMILES string of the molecule is CN(Cc1cn[nH]c1)C(=O)c1cc(F)cc(F)c1. The smallest absolute Gasteiger partial charge is 0.254 e. The highest BCUT2D eigenvalue weighted by molar-refractivity contribution is 5.94. The van der Waals surface area contributed by atoms with Crippen molar-refractivity contribution >= 4 is 5.91 Å². The molecule has 0 radical (unpaired) electrons. The van der Waals surface area contributed by atoms with Crippen LogP contribution in [0.1, 0.15) is 15.9 Å². The van der Waals surface area contributed by atoms with Gasteiger partial charge in [-0.1, -0.05) is 0 Å². The van der Waals surface area contributed by atoms with Gasteiger partial charge < -0.3 is 4.90 Å². The first-order valence-electron chi connectivity index (χ1n) is 5.25. The molecule has 0 spiro atoms. The zero-order valence-electron chi connectivity index (χ0n) is 9.65. The second kappa shape index (κ2) is 4.95. The molecule has 94 valence electrons. The molecule has 0 aliphatic carbocycles. The van der Waals surface area contributed by atoms with Crippen LogP contribution in [0.4, 0.5) is 8.78 Å². The number of hydrogen-bond acceptors (Lipinski definition) is 2. The summed E-state index contributed by atoms with van der Waals surface area (Å²) in [5.74, 6) is -1.99. The number of carbonyl (C=O) groups is 1. The number of halogens is 2. The Morgan fingerprint density at radius 2 is 2.00 bits per heavy atom. The Labute approximate surface area is 102 Å². The van der Waals surface area contributed by atoms with Crippen LogP contribution in [0.2, 0.25) is 0 Å². The molecule has 1 aromatic heterocycles. The molecule has 1 heterocycles. The minimum absolute atomic E-state index is 0.0153. The van der Waals surface area contributed by atoms with Crippen molar-refractivity contribution in [3.63, 3.8) is 0 Å². The van der Waals surface area contributed by atoms with E-state index in [1.54, 1.807) is 19.4 Å². The van der Waals surface area contributed by atoms with Crippen molar-refractivity contribution in [1.82, 2.24) is 15.1 Å². The summed E-state index contributed by atoms with van der Waals surface area (Å²) in [5, 5.41) is 6.38. The van der Waals surface area contributed by atoms with Gasteiger partial charge in [0.1, 0.15) is 11.6 Å². The van der Waals surface area contributed by atoms with Crippen molar-refractivity contribution in [2.45, 2.75) is 6.54 Å². The third kappa shape index (κ3) is 2.71. The molecule has 0 saturated carbocycles. The Morgan fingerprint density at radius 1 is 1.33 bits per heavy atom. The van der Waals surface area contributed by atoms with E-state index in [0.29, 0.717) is 6.54 Å². The van der Waals surface area contributed by atoms with Crippen LogP contribution in [-0.2, 0) is 6.54 Å². The summed E-state index contributed by atoms with van der Waals surface area (Å²) in [4.78, 5) is 13.3. The number of rotatable bonds is 3. The van der Waals surface area contributed by atoms with Crippen LogP contribution in [0.5, 0.6) is 0 Å². The van der Waals surface area contributed by atoms with E-state index in [1.165, 1.54) is 4.90 Å². The zero-order chi connectivity index (χ0) is 13.1. The van der Waals surface area contributed by atoms with Crippen molar-refractivity contribution < 1.29 is 13.6 Å². The number of H-pyrrole nitrogens is 1. The first kappa shape index (κ1) is 12.2. The molecule has 0 aliphatic rings. The molecule has 1 aromatic carbocycles. The quantitative estimate of drug-likeness (QED) is 0.906. The molecule has 1 N–H and O–H groups in total. The van der Waals surface area contributed by atoms with Gasteiger partial charge in [-0.15, -0.1) is 0 Å². The highest BCUT2D eigenvalue weighted by atomic mass is 19.1. The summed E-state index contributed by atoms with van der Waals surface area (Å²) in [6.45, 7) is 0.313. The lowest BCUT2D eigenvalue weighted by molar-refractivity contribution is 0.0784. The van der Waals surface area contributed by atoms with Gasteiger partial charge >= 0.3 is 0 Å². The topological polar surface area (TPSA) is 49.0 Å². The van der Waals surface area contributed by atoms with E-state index in [-0.39, 0.29) is 5.56 Å². The summed E-state index contributed by atoms with van der Waals surface area (Å²) in [7, 11) is 1.55. The molecular formula is C12H11F2N3O. The second-order valence-electron chi connectivity index (χ2n) is 3.93. The van der Waals surface area contributed by atoms with E-state index in [0.717, 1.165) is 23.8 Å². The molecule has 1 amide bonds. The number of nitrogens with zero attached hydrogens (tertiary/aromatic N) is 2. The van der Waals surface area contributed by atoms with Crippen molar-refractivity contribution in [3.05, 3.63) is 53.4 Å². The third-order valence-electron chi connectivity index (χ3n) is 2.43. The van der Waals surface area contributed by atoms with Gasteiger partial charge in [-0.3, -0.25) is 9.89 Å². The molecule has 0 bridgehead atoms. The number of aromatic amines is 1. The van der Waals surface area contributed by atoms with E-state index in [2.05, 4.69) is 10.2 Å². The first-order chi connectivity index (χ1) is 8.56. The summed E-state index contributed by atoms with van der Waals surface area (Å²) in [6.07, 6.45) is 3.23. The van der Waals surface area contributed by atoms with Gasteiger partial charge in [0.05, 0.1) is 6.20 Å². The van der Waals surface area contributed by atoms with Crippen LogP contribution < -0.4 is 0 Å². The molecule has 6 heteroatoms. The lowest BCUT2D eigenvalue weighted by Crippen LogP contribution is -2.26. The summed E-state index contributed by atoms with van der Waals surface area (Å²) in [6, 6.07) is 2.75. The van der Waals surface area contributed by atoms with E-state index in [9.17, 15) is 13.6 Å². The van der Waals surface area contributed by atoms with E-state index >= 15 is 0 Å². The molecule has 0 aliphatic heterocycles. The normalized spacial score (nSPS) is 10.4. The maximum absolute atomic E-state index is 13.0. The highest BCUT2D eigenvalue weighted by Crippen LogP contribution is 2.11. The van der Waals surface area contributed by atoms with E-state index in [1.807, 2.05) is 0 Å². The maximum Gasteiger partial charge on any atom is 0.254 e. The van der Waals surface area contributed by atoms with Gasteiger partial charge in [-0.05, 0) is 12.1 Å². The van der Waals surface area contributed by atoms with Crippen LogP contribution in [0.15, 0.2) is 30.6 Å². The van der Waals surface area contributed by atoms with Gasteiger partial charge in [-0.2, -0.15) is 5.10 Å². The van der Waals surface area contributed by atoms with Crippen LogP contribution >= 0.6 is 0 Å². The Morgan fingerprint density at radius 3 is 2.56 bits per heavy atom. The molecule has 2 aromatic rings. The highest BCUT2D eigenvalue weighted by Gasteiger charge is 2.14. The van der Waals surface area contributed by atoms with Crippen molar-refractivity contribution in [3.8, 4) is 0 Å². The average molecular weight is 251 g/mol. The fourth-order valence-corrected chi connectivity index (χ4v) is 1.61. The molecule has 18 heavy (non-hydrogen) atoms. The monoisotopic (exact) mass is 251 g/mol. The number of amides is 1. The predicted octanol–water partition coefficient (Wildman–Crippen LogP) is 1.96. The summed E-state index contributed by atoms with van der Waals surface area (Å²) in [5.41, 5.74) is 0.793. The molecule has 2 rings (SSSR count). The van der Waals surface area contributed by atoms with Crippen LogP contribution in [0, 0.1) is 11.6 Å². The predicted molar refractivity (Wildman–Crippen MR) is 60.7 cm³/mol. The Hall–Kier alpha value is -2.24. The third-order valence-corrected chi connectivity index (χ3v) is 2.43. The fourth-order valence-electron chi connectivity index (χ4n) is 1.61. The maximum atomic E-state index is 13.0. The Bertz CT molecular complexity index is 534. The van der Waals surface area contributed by atoms with E-state index < -0.39 is 17.5 Å². The minimum atomic E-state index is -0.768. The molecule has 4 nitrogen and oxygen atoms in total. The molecule has 0 atom stereocenters. The summed E-state index contributed by atoms with van der Waals surface area (Å²) < 4.78 is 26.0. The van der Waals surface area contributed by atoms with Crippen molar-refractivity contribution in [2.75, 3.05) is 7.05 Å². The lowest BCUT2D eigenvalue weighted by atomic mass is 10.2. The van der Waals surface area contributed by atoms with Crippen LogP contribution in [0.3, 0.4) is 0 Å².